The highest BCUT2D eigenvalue weighted by Crippen LogP contribution is 2.18. The van der Waals surface area contributed by atoms with Crippen LogP contribution in [0.3, 0.4) is 0 Å². The Hall–Kier alpha value is -1.75. The molecule has 0 aliphatic heterocycles. The van der Waals surface area contributed by atoms with Gasteiger partial charge >= 0.3 is 6.03 Å². The van der Waals surface area contributed by atoms with Crippen LogP contribution in [-0.2, 0) is 4.79 Å². The quantitative estimate of drug-likeness (QED) is 0.838. The maximum absolute atomic E-state index is 11.3. The van der Waals surface area contributed by atoms with Crippen LogP contribution in [0.5, 0.6) is 5.75 Å². The predicted octanol–water partition coefficient (Wildman–Crippen LogP) is 1.30. The minimum Gasteiger partial charge on any atom is -0.481 e. The van der Waals surface area contributed by atoms with Gasteiger partial charge in [0.05, 0.1) is 0 Å². The first-order valence-electron chi connectivity index (χ1n) is 4.51. The summed E-state index contributed by atoms with van der Waals surface area (Å²) in [5, 5.41) is 2.42. The second kappa shape index (κ2) is 5.37. The molecule has 0 fully saturated rings. The van der Waals surface area contributed by atoms with E-state index in [1.165, 1.54) is 6.92 Å². The Labute approximate surface area is 97.5 Å². The van der Waals surface area contributed by atoms with Gasteiger partial charge in [-0.1, -0.05) is 17.7 Å². The molecule has 0 aliphatic carbocycles. The Kier molecular flexibility index (Phi) is 4.13. The number of benzene rings is 1. The third kappa shape index (κ3) is 3.78. The second-order valence-electron chi connectivity index (χ2n) is 3.07. The number of rotatable bonds is 3. The highest BCUT2D eigenvalue weighted by molar-refractivity contribution is 6.30. The number of carbonyl (C=O) groups excluding carboxylic acids is 2. The SMILES string of the molecule is CC(Oc1cccc(Cl)c1)C(=O)NC(N)=O. The fourth-order valence-electron chi connectivity index (χ4n) is 1.02. The van der Waals surface area contributed by atoms with E-state index in [4.69, 9.17) is 22.1 Å². The summed E-state index contributed by atoms with van der Waals surface area (Å²) in [4.78, 5) is 21.7. The lowest BCUT2D eigenvalue weighted by Crippen LogP contribution is -2.42. The third-order valence-corrected chi connectivity index (χ3v) is 1.96. The number of primary amides is 1. The predicted molar refractivity (Wildman–Crippen MR) is 59.3 cm³/mol. The fourth-order valence-corrected chi connectivity index (χ4v) is 1.20. The molecule has 0 saturated heterocycles. The molecule has 0 heterocycles. The topological polar surface area (TPSA) is 81.4 Å². The lowest BCUT2D eigenvalue weighted by molar-refractivity contribution is -0.126. The van der Waals surface area contributed by atoms with Crippen LogP contribution >= 0.6 is 11.6 Å². The van der Waals surface area contributed by atoms with Crippen molar-refractivity contribution in [3.63, 3.8) is 0 Å². The average Bonchev–Trinajstić information content (AvgIpc) is 2.16. The Morgan fingerprint density at radius 1 is 1.50 bits per heavy atom. The van der Waals surface area contributed by atoms with Crippen molar-refractivity contribution >= 4 is 23.5 Å². The second-order valence-corrected chi connectivity index (χ2v) is 3.51. The van der Waals surface area contributed by atoms with Crippen LogP contribution in [0.15, 0.2) is 24.3 Å². The number of urea groups is 1. The van der Waals surface area contributed by atoms with Gasteiger partial charge in [-0.2, -0.15) is 0 Å². The molecule has 1 unspecified atom stereocenters. The number of hydrogen-bond donors (Lipinski definition) is 2. The van der Waals surface area contributed by atoms with Gasteiger partial charge in [0.15, 0.2) is 6.10 Å². The zero-order valence-electron chi connectivity index (χ0n) is 8.57. The van der Waals surface area contributed by atoms with Crippen LogP contribution in [0.4, 0.5) is 4.79 Å². The standard InChI is InChI=1S/C10H11ClN2O3/c1-6(9(14)13-10(12)15)16-8-4-2-3-7(11)5-8/h2-6H,1H3,(H3,12,13,14,15). The Balaban J connectivity index is 2.60. The van der Waals surface area contributed by atoms with E-state index in [1.807, 2.05) is 5.32 Å². The van der Waals surface area contributed by atoms with Gasteiger partial charge in [-0.3, -0.25) is 10.1 Å². The molecule has 5 nitrogen and oxygen atoms in total. The summed E-state index contributed by atoms with van der Waals surface area (Å²) >= 11 is 5.74. The lowest BCUT2D eigenvalue weighted by Gasteiger charge is -2.13. The Morgan fingerprint density at radius 3 is 2.75 bits per heavy atom. The van der Waals surface area contributed by atoms with E-state index >= 15 is 0 Å². The minimum absolute atomic E-state index is 0.444. The molecular weight excluding hydrogens is 232 g/mol. The summed E-state index contributed by atoms with van der Waals surface area (Å²) in [5.41, 5.74) is 4.80. The molecule has 1 aromatic rings. The van der Waals surface area contributed by atoms with Crippen LogP contribution < -0.4 is 15.8 Å². The third-order valence-electron chi connectivity index (χ3n) is 1.72. The number of nitrogens with two attached hydrogens (primary N) is 1. The summed E-state index contributed by atoms with van der Waals surface area (Å²) < 4.78 is 5.25. The summed E-state index contributed by atoms with van der Waals surface area (Å²) in [6.07, 6.45) is -0.828. The van der Waals surface area contributed by atoms with Gasteiger partial charge in [0.25, 0.3) is 5.91 Å². The smallest absolute Gasteiger partial charge is 0.318 e. The lowest BCUT2D eigenvalue weighted by atomic mass is 10.3. The minimum atomic E-state index is -0.911. The molecule has 0 aliphatic rings. The van der Waals surface area contributed by atoms with Crippen LogP contribution in [0.2, 0.25) is 5.02 Å². The van der Waals surface area contributed by atoms with Crippen molar-refractivity contribution in [2.24, 2.45) is 5.73 Å². The van der Waals surface area contributed by atoms with Gasteiger partial charge in [0, 0.05) is 5.02 Å². The normalized spacial score (nSPS) is 11.6. The molecule has 0 radical (unpaired) electrons. The van der Waals surface area contributed by atoms with Gasteiger partial charge in [-0.05, 0) is 25.1 Å². The van der Waals surface area contributed by atoms with Crippen molar-refractivity contribution in [1.29, 1.82) is 0 Å². The molecule has 0 bridgehead atoms. The molecular formula is C10H11ClN2O3. The fraction of sp³-hybridized carbons (Fsp3) is 0.200. The van der Waals surface area contributed by atoms with E-state index in [-0.39, 0.29) is 0 Å². The Bertz CT molecular complexity index is 409. The first kappa shape index (κ1) is 12.3. The highest BCUT2D eigenvalue weighted by Gasteiger charge is 2.15. The van der Waals surface area contributed by atoms with E-state index in [0.717, 1.165) is 0 Å². The number of halogens is 1. The molecule has 0 spiro atoms. The van der Waals surface area contributed by atoms with E-state index in [9.17, 15) is 9.59 Å². The van der Waals surface area contributed by atoms with Gasteiger partial charge in [0.1, 0.15) is 5.75 Å². The number of carbonyl (C=O) groups is 2. The van der Waals surface area contributed by atoms with E-state index in [2.05, 4.69) is 0 Å². The molecule has 3 N–H and O–H groups in total. The zero-order valence-corrected chi connectivity index (χ0v) is 9.32. The van der Waals surface area contributed by atoms with Gasteiger partial charge in [0.2, 0.25) is 0 Å². The molecule has 86 valence electrons. The van der Waals surface area contributed by atoms with Crippen molar-refractivity contribution < 1.29 is 14.3 Å². The Morgan fingerprint density at radius 2 is 2.19 bits per heavy atom. The van der Waals surface area contributed by atoms with Crippen molar-refractivity contribution in [2.75, 3.05) is 0 Å². The maximum atomic E-state index is 11.3. The van der Waals surface area contributed by atoms with Crippen molar-refractivity contribution in [1.82, 2.24) is 5.32 Å². The summed E-state index contributed by atoms with van der Waals surface area (Å²) in [5.74, 6) is -0.160. The molecule has 3 amide bonds. The molecule has 1 rings (SSSR count). The first-order valence-corrected chi connectivity index (χ1v) is 4.89. The van der Waals surface area contributed by atoms with Crippen LogP contribution in [0, 0.1) is 0 Å². The highest BCUT2D eigenvalue weighted by atomic mass is 35.5. The van der Waals surface area contributed by atoms with Crippen molar-refractivity contribution in [2.45, 2.75) is 13.0 Å². The van der Waals surface area contributed by atoms with Gasteiger partial charge in [-0.15, -0.1) is 0 Å². The van der Waals surface area contributed by atoms with Gasteiger partial charge in [-0.25, -0.2) is 4.79 Å². The number of imide groups is 1. The summed E-state index contributed by atoms with van der Waals surface area (Å²) in [6.45, 7) is 1.50. The monoisotopic (exact) mass is 242 g/mol. The van der Waals surface area contributed by atoms with Crippen molar-refractivity contribution in [3.8, 4) is 5.75 Å². The average molecular weight is 243 g/mol. The number of amides is 3. The maximum Gasteiger partial charge on any atom is 0.318 e. The number of nitrogens with one attached hydrogen (secondary N) is 1. The van der Waals surface area contributed by atoms with Crippen LogP contribution in [0.25, 0.3) is 0 Å². The molecule has 0 aromatic heterocycles. The number of ether oxygens (including phenoxy) is 1. The van der Waals surface area contributed by atoms with E-state index in [1.54, 1.807) is 24.3 Å². The summed E-state index contributed by atoms with van der Waals surface area (Å²) in [6, 6.07) is 5.68. The zero-order chi connectivity index (χ0) is 12.1. The summed E-state index contributed by atoms with van der Waals surface area (Å²) in [7, 11) is 0. The molecule has 1 aromatic carbocycles. The van der Waals surface area contributed by atoms with E-state index in [0.29, 0.717) is 10.8 Å². The van der Waals surface area contributed by atoms with Crippen molar-refractivity contribution in [3.05, 3.63) is 29.3 Å². The largest absolute Gasteiger partial charge is 0.481 e. The van der Waals surface area contributed by atoms with E-state index < -0.39 is 18.0 Å². The molecule has 6 heteroatoms. The molecule has 0 saturated carbocycles. The first-order chi connectivity index (χ1) is 7.49. The van der Waals surface area contributed by atoms with Gasteiger partial charge < -0.3 is 10.5 Å². The molecule has 1 atom stereocenters. The van der Waals surface area contributed by atoms with Crippen LogP contribution in [-0.4, -0.2) is 18.0 Å². The van der Waals surface area contributed by atoms with Crippen LogP contribution in [0.1, 0.15) is 6.92 Å². The number of hydrogen-bond acceptors (Lipinski definition) is 3. The molecule has 16 heavy (non-hydrogen) atoms.